The van der Waals surface area contributed by atoms with E-state index in [1.54, 1.807) is 0 Å². The lowest BCUT2D eigenvalue weighted by Crippen LogP contribution is -2.64. The summed E-state index contributed by atoms with van der Waals surface area (Å²) in [5, 5.41) is 6.61. The molecule has 84 valence electrons. The van der Waals surface area contributed by atoms with Crippen LogP contribution in [0.4, 0.5) is 0 Å². The number of fused-ring (bicyclic) bond motifs is 1. The standard InChI is InChI=1S/C13H16N2O/c16-12-11-6-2-1-5-10(11)9-13(15-12)7-3-4-8-14-13/h1-2,5-6,14H,3-4,7-9H2,(H,15,16). The Hall–Kier alpha value is -1.35. The molecule has 0 radical (unpaired) electrons. The highest BCUT2D eigenvalue weighted by Crippen LogP contribution is 2.27. The SMILES string of the molecule is O=C1NC2(CCCCN2)Cc2ccccc21. The summed E-state index contributed by atoms with van der Waals surface area (Å²) in [5.74, 6) is 0.0660. The van der Waals surface area contributed by atoms with Gasteiger partial charge in [0.1, 0.15) is 0 Å². The molecule has 1 atom stereocenters. The topological polar surface area (TPSA) is 41.1 Å². The van der Waals surface area contributed by atoms with Crippen LogP contribution in [0.15, 0.2) is 24.3 Å². The van der Waals surface area contributed by atoms with Gasteiger partial charge < -0.3 is 5.32 Å². The van der Waals surface area contributed by atoms with Crippen molar-refractivity contribution in [2.75, 3.05) is 6.54 Å². The minimum atomic E-state index is -0.177. The average Bonchev–Trinajstić information content (AvgIpc) is 2.30. The van der Waals surface area contributed by atoms with Gasteiger partial charge in [0.25, 0.3) is 5.91 Å². The van der Waals surface area contributed by atoms with Crippen molar-refractivity contribution < 1.29 is 4.79 Å². The lowest BCUT2D eigenvalue weighted by atomic mass is 9.85. The summed E-state index contributed by atoms with van der Waals surface area (Å²) < 4.78 is 0. The van der Waals surface area contributed by atoms with E-state index in [0.717, 1.165) is 24.9 Å². The molecule has 1 unspecified atom stereocenters. The van der Waals surface area contributed by atoms with Gasteiger partial charge in [-0.15, -0.1) is 0 Å². The molecule has 1 fully saturated rings. The van der Waals surface area contributed by atoms with E-state index in [0.29, 0.717) is 0 Å². The van der Waals surface area contributed by atoms with Crippen LogP contribution < -0.4 is 10.6 Å². The van der Waals surface area contributed by atoms with Crippen molar-refractivity contribution in [2.24, 2.45) is 0 Å². The molecule has 3 heteroatoms. The molecule has 1 spiro atoms. The second-order valence-corrected chi connectivity index (χ2v) is 4.75. The van der Waals surface area contributed by atoms with Crippen molar-refractivity contribution in [3.8, 4) is 0 Å². The molecule has 0 bridgehead atoms. The summed E-state index contributed by atoms with van der Waals surface area (Å²) in [6.07, 6.45) is 4.34. The number of benzene rings is 1. The van der Waals surface area contributed by atoms with E-state index >= 15 is 0 Å². The highest BCUT2D eigenvalue weighted by molar-refractivity contribution is 5.97. The van der Waals surface area contributed by atoms with Crippen molar-refractivity contribution in [1.29, 1.82) is 0 Å². The third kappa shape index (κ3) is 1.52. The number of nitrogens with one attached hydrogen (secondary N) is 2. The fraction of sp³-hybridized carbons (Fsp3) is 0.462. The summed E-state index contributed by atoms with van der Waals surface area (Å²) >= 11 is 0. The maximum Gasteiger partial charge on any atom is 0.253 e. The third-order valence-electron chi connectivity index (χ3n) is 3.60. The second kappa shape index (κ2) is 3.59. The Labute approximate surface area is 95.2 Å². The maximum atomic E-state index is 12.0. The van der Waals surface area contributed by atoms with E-state index < -0.39 is 0 Å². The summed E-state index contributed by atoms with van der Waals surface area (Å²) in [6, 6.07) is 7.89. The summed E-state index contributed by atoms with van der Waals surface area (Å²) in [6.45, 7) is 1.00. The largest absolute Gasteiger partial charge is 0.334 e. The van der Waals surface area contributed by atoms with Crippen LogP contribution in [0.2, 0.25) is 0 Å². The molecule has 0 aliphatic carbocycles. The fourth-order valence-electron chi connectivity index (χ4n) is 2.78. The van der Waals surface area contributed by atoms with E-state index in [4.69, 9.17) is 0 Å². The second-order valence-electron chi connectivity index (χ2n) is 4.75. The van der Waals surface area contributed by atoms with Crippen LogP contribution in [0.3, 0.4) is 0 Å². The van der Waals surface area contributed by atoms with Gasteiger partial charge in [0, 0.05) is 12.0 Å². The molecule has 16 heavy (non-hydrogen) atoms. The monoisotopic (exact) mass is 216 g/mol. The zero-order valence-corrected chi connectivity index (χ0v) is 9.25. The quantitative estimate of drug-likeness (QED) is 0.689. The molecule has 2 heterocycles. The number of amides is 1. The number of piperidine rings is 1. The first-order chi connectivity index (χ1) is 7.79. The number of carbonyl (C=O) groups is 1. The zero-order valence-electron chi connectivity index (χ0n) is 9.25. The van der Waals surface area contributed by atoms with Crippen LogP contribution in [0, 0.1) is 0 Å². The van der Waals surface area contributed by atoms with Crippen molar-refractivity contribution >= 4 is 5.91 Å². The Bertz CT molecular complexity index is 422. The van der Waals surface area contributed by atoms with E-state index in [9.17, 15) is 4.79 Å². The van der Waals surface area contributed by atoms with Crippen molar-refractivity contribution in [3.05, 3.63) is 35.4 Å². The van der Waals surface area contributed by atoms with Gasteiger partial charge in [-0.05, 0) is 37.4 Å². The molecule has 2 N–H and O–H groups in total. The van der Waals surface area contributed by atoms with Crippen molar-refractivity contribution in [1.82, 2.24) is 10.6 Å². The molecular weight excluding hydrogens is 200 g/mol. The van der Waals surface area contributed by atoms with Gasteiger partial charge in [-0.3, -0.25) is 10.1 Å². The van der Waals surface area contributed by atoms with Gasteiger partial charge >= 0.3 is 0 Å². The fourth-order valence-corrected chi connectivity index (χ4v) is 2.78. The lowest BCUT2D eigenvalue weighted by molar-refractivity contribution is 0.0817. The minimum absolute atomic E-state index is 0.0660. The van der Waals surface area contributed by atoms with Crippen LogP contribution in [-0.4, -0.2) is 18.1 Å². The average molecular weight is 216 g/mol. The van der Waals surface area contributed by atoms with Crippen LogP contribution in [0.25, 0.3) is 0 Å². The van der Waals surface area contributed by atoms with Gasteiger partial charge in [-0.2, -0.15) is 0 Å². The van der Waals surface area contributed by atoms with Crippen LogP contribution in [-0.2, 0) is 6.42 Å². The van der Waals surface area contributed by atoms with Gasteiger partial charge in [0.2, 0.25) is 0 Å². The first-order valence-electron chi connectivity index (χ1n) is 5.95. The van der Waals surface area contributed by atoms with E-state index in [2.05, 4.69) is 16.7 Å². The predicted octanol–water partition coefficient (Wildman–Crippen LogP) is 1.44. The Morgan fingerprint density at radius 3 is 2.88 bits per heavy atom. The maximum absolute atomic E-state index is 12.0. The molecule has 0 saturated carbocycles. The number of rotatable bonds is 0. The smallest absolute Gasteiger partial charge is 0.253 e. The van der Waals surface area contributed by atoms with Gasteiger partial charge in [0.05, 0.1) is 5.66 Å². The lowest BCUT2D eigenvalue weighted by Gasteiger charge is -2.42. The van der Waals surface area contributed by atoms with Crippen LogP contribution in [0.5, 0.6) is 0 Å². The number of hydrogen-bond donors (Lipinski definition) is 2. The molecule has 3 nitrogen and oxygen atoms in total. The Morgan fingerprint density at radius 1 is 1.19 bits per heavy atom. The number of carbonyl (C=O) groups excluding carboxylic acids is 1. The van der Waals surface area contributed by atoms with E-state index in [-0.39, 0.29) is 11.6 Å². The number of hydrogen-bond acceptors (Lipinski definition) is 2. The highest BCUT2D eigenvalue weighted by atomic mass is 16.2. The summed E-state index contributed by atoms with van der Waals surface area (Å²) in [5.41, 5.74) is 1.82. The van der Waals surface area contributed by atoms with Crippen LogP contribution in [0.1, 0.15) is 35.2 Å². The van der Waals surface area contributed by atoms with Crippen molar-refractivity contribution in [3.63, 3.8) is 0 Å². The molecule has 2 aliphatic rings. The third-order valence-corrected chi connectivity index (χ3v) is 3.60. The van der Waals surface area contributed by atoms with E-state index in [1.807, 2.05) is 18.2 Å². The molecular formula is C13H16N2O. The zero-order chi connectivity index (χ0) is 11.0. The van der Waals surface area contributed by atoms with Crippen LogP contribution >= 0.6 is 0 Å². The van der Waals surface area contributed by atoms with Crippen molar-refractivity contribution in [2.45, 2.75) is 31.3 Å². The molecule has 0 aromatic heterocycles. The van der Waals surface area contributed by atoms with Gasteiger partial charge in [0.15, 0.2) is 0 Å². The Balaban J connectivity index is 1.96. The van der Waals surface area contributed by atoms with E-state index in [1.165, 1.54) is 18.4 Å². The summed E-state index contributed by atoms with van der Waals surface area (Å²) in [7, 11) is 0. The minimum Gasteiger partial charge on any atom is -0.334 e. The molecule has 1 saturated heterocycles. The first kappa shape index (κ1) is 9.85. The van der Waals surface area contributed by atoms with Gasteiger partial charge in [-0.1, -0.05) is 18.2 Å². The normalized spacial score (nSPS) is 28.6. The summed E-state index contributed by atoms with van der Waals surface area (Å²) in [4.78, 5) is 12.0. The molecule has 3 rings (SSSR count). The molecule has 1 aromatic carbocycles. The predicted molar refractivity (Wildman–Crippen MR) is 62.2 cm³/mol. The molecule has 2 aliphatic heterocycles. The Kier molecular flexibility index (Phi) is 2.21. The van der Waals surface area contributed by atoms with Gasteiger partial charge in [-0.25, -0.2) is 0 Å². The molecule has 1 amide bonds. The molecule has 1 aromatic rings. The first-order valence-corrected chi connectivity index (χ1v) is 5.95. The Morgan fingerprint density at radius 2 is 2.06 bits per heavy atom. The highest BCUT2D eigenvalue weighted by Gasteiger charge is 2.38.